The third-order valence-electron chi connectivity index (χ3n) is 4.92. The van der Waals surface area contributed by atoms with Gasteiger partial charge in [-0.15, -0.1) is 0 Å². The van der Waals surface area contributed by atoms with Crippen LogP contribution in [-0.4, -0.2) is 30.8 Å². The summed E-state index contributed by atoms with van der Waals surface area (Å²) in [4.78, 5) is 20.1. The van der Waals surface area contributed by atoms with E-state index in [4.69, 9.17) is 10.1 Å². The van der Waals surface area contributed by atoms with Crippen LogP contribution in [0, 0.1) is 0 Å². The fourth-order valence-electron chi connectivity index (χ4n) is 3.38. The van der Waals surface area contributed by atoms with Crippen molar-refractivity contribution in [2.75, 3.05) is 0 Å². The molecule has 0 saturated heterocycles. The summed E-state index contributed by atoms with van der Waals surface area (Å²) in [6.07, 6.45) is 9.12. The van der Waals surface area contributed by atoms with Gasteiger partial charge in [0.2, 0.25) is 0 Å². The first-order chi connectivity index (χ1) is 14.1. The van der Waals surface area contributed by atoms with Crippen molar-refractivity contribution in [2.24, 2.45) is 0 Å². The quantitative estimate of drug-likeness (QED) is 0.503. The smallest absolute Gasteiger partial charge is 0.337 e. The first kappa shape index (κ1) is 20.7. The van der Waals surface area contributed by atoms with Crippen LogP contribution in [-0.2, 0) is 19.4 Å². The normalized spacial score (nSPS) is 11.0. The van der Waals surface area contributed by atoms with Gasteiger partial charge in [0.1, 0.15) is 5.82 Å². The molecule has 2 aromatic heterocycles. The van der Waals surface area contributed by atoms with E-state index in [0.717, 1.165) is 48.6 Å². The molecule has 1 aromatic carbocycles. The Bertz CT molecular complexity index is 948. The van der Waals surface area contributed by atoms with Gasteiger partial charge in [0.15, 0.2) is 5.82 Å². The molecule has 29 heavy (non-hydrogen) atoms. The van der Waals surface area contributed by atoms with Crippen molar-refractivity contribution in [1.82, 2.24) is 19.7 Å². The maximum absolute atomic E-state index is 11.4. The zero-order chi connectivity index (χ0) is 20.6. The number of hydrogen-bond donors (Lipinski definition) is 1. The molecule has 0 aliphatic rings. The van der Waals surface area contributed by atoms with E-state index in [-0.39, 0.29) is 5.56 Å². The van der Waals surface area contributed by atoms with Crippen molar-refractivity contribution >= 4 is 5.97 Å². The Morgan fingerprint density at radius 2 is 1.86 bits per heavy atom. The van der Waals surface area contributed by atoms with E-state index in [1.54, 1.807) is 12.3 Å². The Hall–Kier alpha value is -3.02. The Labute approximate surface area is 171 Å². The number of aromatic carboxylic acids is 1. The summed E-state index contributed by atoms with van der Waals surface area (Å²) in [6, 6.07) is 9.72. The van der Waals surface area contributed by atoms with Crippen LogP contribution in [0.2, 0.25) is 0 Å². The minimum absolute atomic E-state index is 0.208. The van der Waals surface area contributed by atoms with Gasteiger partial charge in [-0.2, -0.15) is 5.10 Å². The molecule has 0 fully saturated rings. The molecule has 0 radical (unpaired) electrons. The average molecular weight is 393 g/mol. The van der Waals surface area contributed by atoms with Crippen molar-refractivity contribution < 1.29 is 9.90 Å². The van der Waals surface area contributed by atoms with Gasteiger partial charge in [-0.05, 0) is 35.6 Å². The Morgan fingerprint density at radius 3 is 2.55 bits per heavy atom. The monoisotopic (exact) mass is 392 g/mol. The van der Waals surface area contributed by atoms with Gasteiger partial charge in [-0.3, -0.25) is 4.98 Å². The highest BCUT2D eigenvalue weighted by atomic mass is 16.4. The second-order valence-corrected chi connectivity index (χ2v) is 7.22. The van der Waals surface area contributed by atoms with Crippen molar-refractivity contribution in [1.29, 1.82) is 0 Å². The van der Waals surface area contributed by atoms with E-state index in [2.05, 4.69) is 23.5 Å². The minimum atomic E-state index is -0.971. The largest absolute Gasteiger partial charge is 0.478 e. The predicted octanol–water partition coefficient (Wildman–Crippen LogP) is 4.77. The molecule has 0 spiro atoms. The van der Waals surface area contributed by atoms with Crippen LogP contribution < -0.4 is 0 Å². The fourth-order valence-corrected chi connectivity index (χ4v) is 3.38. The molecule has 152 valence electrons. The van der Waals surface area contributed by atoms with E-state index in [1.165, 1.54) is 19.0 Å². The second kappa shape index (κ2) is 9.96. The minimum Gasteiger partial charge on any atom is -0.478 e. The highest BCUT2D eigenvalue weighted by Crippen LogP contribution is 2.24. The van der Waals surface area contributed by atoms with Gasteiger partial charge >= 0.3 is 5.97 Å². The summed E-state index contributed by atoms with van der Waals surface area (Å²) in [6.45, 7) is 5.24. The molecule has 0 aliphatic heterocycles. The van der Waals surface area contributed by atoms with E-state index >= 15 is 0 Å². The van der Waals surface area contributed by atoms with E-state index in [1.807, 2.05) is 24.3 Å². The number of hydrogen-bond acceptors (Lipinski definition) is 4. The number of benzene rings is 1. The van der Waals surface area contributed by atoms with Gasteiger partial charge < -0.3 is 5.11 Å². The second-order valence-electron chi connectivity index (χ2n) is 7.22. The number of rotatable bonds is 10. The summed E-state index contributed by atoms with van der Waals surface area (Å²) >= 11 is 0. The fraction of sp³-hybridized carbons (Fsp3) is 0.391. The summed E-state index contributed by atoms with van der Waals surface area (Å²) in [5.41, 5.74) is 2.88. The number of carboxylic acids is 1. The zero-order valence-electron chi connectivity index (χ0n) is 17.1. The van der Waals surface area contributed by atoms with Crippen molar-refractivity contribution in [3.8, 4) is 11.1 Å². The van der Waals surface area contributed by atoms with Crippen molar-refractivity contribution in [3.63, 3.8) is 0 Å². The first-order valence-corrected chi connectivity index (χ1v) is 10.3. The van der Waals surface area contributed by atoms with Gasteiger partial charge in [0.25, 0.3) is 0 Å². The molecule has 3 aromatic rings. The number of carboxylic acid groups (broad SMARTS) is 1. The molecule has 0 bridgehead atoms. The molecule has 6 heteroatoms. The van der Waals surface area contributed by atoms with E-state index < -0.39 is 5.97 Å². The van der Waals surface area contributed by atoms with E-state index in [0.29, 0.717) is 12.0 Å². The van der Waals surface area contributed by atoms with Crippen LogP contribution >= 0.6 is 0 Å². The van der Waals surface area contributed by atoms with Crippen molar-refractivity contribution in [3.05, 3.63) is 65.5 Å². The molecule has 0 amide bonds. The Kier molecular flexibility index (Phi) is 7.11. The molecule has 0 unspecified atom stereocenters. The highest BCUT2D eigenvalue weighted by molar-refractivity contribution is 5.95. The molecule has 6 nitrogen and oxygen atoms in total. The third kappa shape index (κ3) is 5.28. The van der Waals surface area contributed by atoms with Gasteiger partial charge in [-0.1, -0.05) is 51.0 Å². The molecule has 3 rings (SSSR count). The molecule has 0 saturated carbocycles. The van der Waals surface area contributed by atoms with Crippen LogP contribution in [0.5, 0.6) is 0 Å². The number of aromatic nitrogens is 4. The van der Waals surface area contributed by atoms with Gasteiger partial charge in [0.05, 0.1) is 5.56 Å². The average Bonchev–Trinajstić information content (AvgIpc) is 3.10. The third-order valence-corrected chi connectivity index (χ3v) is 4.92. The lowest BCUT2D eigenvalue weighted by molar-refractivity contribution is 0.0697. The standard InChI is InChI=1S/C23H28N4O2/c1-3-5-6-14-27-22(25-21(26-27)7-4-2)15-17-8-10-18(11-9-17)19-12-13-24-16-20(19)23(28)29/h8-13,16H,3-7,14-15H2,1-2H3,(H,28,29). The molecule has 2 heterocycles. The topological polar surface area (TPSA) is 80.9 Å². The van der Waals surface area contributed by atoms with Crippen LogP contribution in [0.25, 0.3) is 11.1 Å². The predicted molar refractivity (Wildman–Crippen MR) is 113 cm³/mol. The lowest BCUT2D eigenvalue weighted by atomic mass is 10.00. The number of pyridine rings is 1. The SMILES string of the molecule is CCCCCn1nc(CCC)nc1Cc1ccc(-c2ccncc2C(=O)O)cc1. The maximum atomic E-state index is 11.4. The first-order valence-electron chi connectivity index (χ1n) is 10.3. The van der Waals surface area contributed by atoms with Crippen molar-refractivity contribution in [2.45, 2.75) is 58.9 Å². The molecule has 1 N–H and O–H groups in total. The van der Waals surface area contributed by atoms with E-state index in [9.17, 15) is 9.90 Å². The zero-order valence-corrected chi connectivity index (χ0v) is 17.1. The lowest BCUT2D eigenvalue weighted by Crippen LogP contribution is -2.07. The molecular weight excluding hydrogens is 364 g/mol. The van der Waals surface area contributed by atoms with Crippen LogP contribution in [0.3, 0.4) is 0 Å². The summed E-state index contributed by atoms with van der Waals surface area (Å²) in [5.74, 6) is 0.937. The summed E-state index contributed by atoms with van der Waals surface area (Å²) < 4.78 is 2.06. The van der Waals surface area contributed by atoms with Crippen LogP contribution in [0.4, 0.5) is 0 Å². The summed E-state index contributed by atoms with van der Waals surface area (Å²) in [7, 11) is 0. The number of carbonyl (C=O) groups is 1. The van der Waals surface area contributed by atoms with Crippen LogP contribution in [0.15, 0.2) is 42.7 Å². The number of aryl methyl sites for hydroxylation is 2. The maximum Gasteiger partial charge on any atom is 0.337 e. The van der Waals surface area contributed by atoms with Gasteiger partial charge in [0, 0.05) is 31.8 Å². The molecule has 0 atom stereocenters. The molecular formula is C23H28N4O2. The summed E-state index contributed by atoms with van der Waals surface area (Å²) in [5, 5.41) is 14.1. The Morgan fingerprint density at radius 1 is 1.07 bits per heavy atom. The van der Waals surface area contributed by atoms with Crippen LogP contribution in [0.1, 0.15) is 67.1 Å². The highest BCUT2D eigenvalue weighted by Gasteiger charge is 2.13. The number of unbranched alkanes of at least 4 members (excludes halogenated alkanes) is 2. The Balaban J connectivity index is 1.80. The number of nitrogens with zero attached hydrogens (tertiary/aromatic N) is 4. The molecule has 0 aliphatic carbocycles. The lowest BCUT2D eigenvalue weighted by Gasteiger charge is -2.08. The van der Waals surface area contributed by atoms with Gasteiger partial charge in [-0.25, -0.2) is 14.5 Å².